The molecule has 0 heterocycles. The van der Waals surface area contributed by atoms with Crippen LogP contribution in [0.4, 0.5) is 0 Å². The van der Waals surface area contributed by atoms with Gasteiger partial charge in [0.1, 0.15) is 19.8 Å². The van der Waals surface area contributed by atoms with E-state index in [1.807, 2.05) is 51.5 Å². The smallest absolute Gasteiger partial charge is 0.306 e. The maximum Gasteiger partial charge on any atom is 0.306 e. The Kier molecular flexibility index (Phi) is 32.4. The summed E-state index contributed by atoms with van der Waals surface area (Å²) in [6.07, 6.45) is 31.8. The highest BCUT2D eigenvalue weighted by atomic mass is 31.2. The van der Waals surface area contributed by atoms with Crippen LogP contribution < -0.4 is 4.89 Å². The van der Waals surface area contributed by atoms with Crippen LogP contribution in [0.2, 0.25) is 0 Å². The van der Waals surface area contributed by atoms with E-state index in [2.05, 4.69) is 26.0 Å². The second-order valence-corrected chi connectivity index (χ2v) is 16.1. The summed E-state index contributed by atoms with van der Waals surface area (Å²) < 4.78 is 33.5. The average molecular weight is 784 g/mol. The number of quaternary nitrogens is 1. The first-order valence-electron chi connectivity index (χ1n) is 20.2. The monoisotopic (exact) mass is 784 g/mol. The van der Waals surface area contributed by atoms with Crippen molar-refractivity contribution in [3.05, 3.63) is 60.8 Å². The number of unbranched alkanes of at least 4 members (excludes halogenated alkanes) is 9. The third kappa shape index (κ3) is 36.6. The standard InChI is InChI=1S/C42H74NO10P/c1-6-8-10-11-12-13-14-15-19-22-26-32-41(46)50-36-40(37-52-54(48,49)51-35-34-43(3,4)5)53-42(47)33-27-31-39(45)30-25-21-18-16-17-20-24-29-38(44)28-23-9-7-2/h11-12,17-18,20-21,24-25,29-30,38-40,44-45H,6-10,13-16,19,22-23,26-28,31-37H2,1-5H3/b12-11-,20-17-,21-18-,29-24+,30-25+/t38-,39-,40-/m1/s1. The fraction of sp³-hybridized carbons (Fsp3) is 0.714. The number of phosphoric ester groups is 1. The Bertz CT molecular complexity index is 1140. The Labute approximate surface area is 327 Å². The van der Waals surface area contributed by atoms with Gasteiger partial charge >= 0.3 is 11.9 Å². The number of carbonyl (C=O) groups excluding carboxylic acids is 2. The molecule has 4 atom stereocenters. The van der Waals surface area contributed by atoms with E-state index in [-0.39, 0.29) is 26.1 Å². The van der Waals surface area contributed by atoms with Crippen LogP contribution in [0.25, 0.3) is 0 Å². The molecule has 2 N–H and O–H groups in total. The summed E-state index contributed by atoms with van der Waals surface area (Å²) in [4.78, 5) is 37.4. The van der Waals surface area contributed by atoms with Crippen molar-refractivity contribution in [1.29, 1.82) is 0 Å². The predicted molar refractivity (Wildman–Crippen MR) is 215 cm³/mol. The van der Waals surface area contributed by atoms with Crippen LogP contribution in [0, 0.1) is 0 Å². The quantitative estimate of drug-likeness (QED) is 0.0161. The molecule has 0 aliphatic carbocycles. The van der Waals surface area contributed by atoms with E-state index in [4.69, 9.17) is 18.5 Å². The number of aliphatic hydroxyl groups is 2. The summed E-state index contributed by atoms with van der Waals surface area (Å²) in [6, 6.07) is 0. The molecule has 1 unspecified atom stereocenters. The largest absolute Gasteiger partial charge is 0.756 e. The van der Waals surface area contributed by atoms with Crippen LogP contribution >= 0.6 is 7.82 Å². The van der Waals surface area contributed by atoms with E-state index >= 15 is 0 Å². The van der Waals surface area contributed by atoms with Gasteiger partial charge in [-0.15, -0.1) is 0 Å². The van der Waals surface area contributed by atoms with Gasteiger partial charge < -0.3 is 38.1 Å². The number of nitrogens with zero attached hydrogens (tertiary/aromatic N) is 1. The first kappa shape index (κ1) is 51.6. The molecule has 0 rings (SSSR count). The summed E-state index contributed by atoms with van der Waals surface area (Å²) in [7, 11) is 1.00. The molecular formula is C42H74NO10P. The number of ether oxygens (including phenoxy) is 2. The van der Waals surface area contributed by atoms with E-state index in [0.29, 0.717) is 36.7 Å². The average Bonchev–Trinajstić information content (AvgIpc) is 3.10. The molecule has 0 aromatic heterocycles. The number of aliphatic hydroxyl groups excluding tert-OH is 2. The van der Waals surface area contributed by atoms with Gasteiger partial charge in [0.05, 0.1) is 40.0 Å². The van der Waals surface area contributed by atoms with Gasteiger partial charge in [-0.3, -0.25) is 14.2 Å². The Hall–Kier alpha value is -2.37. The molecule has 11 nitrogen and oxygen atoms in total. The normalized spacial score (nSPS) is 15.5. The third-order valence-electron chi connectivity index (χ3n) is 8.22. The zero-order chi connectivity index (χ0) is 40.3. The summed E-state index contributed by atoms with van der Waals surface area (Å²) in [5, 5.41) is 20.2. The van der Waals surface area contributed by atoms with Crippen LogP contribution in [0.3, 0.4) is 0 Å². The minimum atomic E-state index is -4.69. The van der Waals surface area contributed by atoms with Gasteiger partial charge in [0, 0.05) is 12.8 Å². The molecule has 54 heavy (non-hydrogen) atoms. The second-order valence-electron chi connectivity index (χ2n) is 14.7. The van der Waals surface area contributed by atoms with Gasteiger partial charge in [-0.05, 0) is 51.4 Å². The van der Waals surface area contributed by atoms with Gasteiger partial charge in [0.2, 0.25) is 0 Å². The molecule has 0 aliphatic heterocycles. The Balaban J connectivity index is 4.69. The summed E-state index contributed by atoms with van der Waals surface area (Å²) in [5.74, 6) is -1.08. The van der Waals surface area contributed by atoms with Gasteiger partial charge in [-0.1, -0.05) is 126 Å². The highest BCUT2D eigenvalue weighted by Crippen LogP contribution is 2.38. The second kappa shape index (κ2) is 33.9. The van der Waals surface area contributed by atoms with E-state index < -0.39 is 44.7 Å². The van der Waals surface area contributed by atoms with Crippen LogP contribution in [0.1, 0.15) is 129 Å². The molecule has 12 heteroatoms. The van der Waals surface area contributed by atoms with Gasteiger partial charge in [0.15, 0.2) is 6.10 Å². The molecule has 0 saturated carbocycles. The zero-order valence-corrected chi connectivity index (χ0v) is 35.0. The van der Waals surface area contributed by atoms with E-state index in [0.717, 1.165) is 64.2 Å². The number of hydrogen-bond donors (Lipinski definition) is 2. The number of esters is 2. The summed E-state index contributed by atoms with van der Waals surface area (Å²) >= 11 is 0. The number of likely N-dealkylation sites (N-methyl/N-ethyl adjacent to an activating group) is 1. The van der Waals surface area contributed by atoms with E-state index in [1.54, 1.807) is 18.2 Å². The lowest BCUT2D eigenvalue weighted by Gasteiger charge is -2.28. The van der Waals surface area contributed by atoms with Crippen molar-refractivity contribution in [3.8, 4) is 0 Å². The molecule has 0 bridgehead atoms. The SMILES string of the molecule is CCCC/C=C\CCCCCCCC(=O)OC[C@H](COP(=O)([O-])OCC[N+](C)(C)C)OC(=O)CCC[C@H](O)/C=C/C=C\C/C=C\C=C\[C@H](O)CCCCC. The Morgan fingerprint density at radius 2 is 1.26 bits per heavy atom. The lowest BCUT2D eigenvalue weighted by atomic mass is 10.1. The first-order chi connectivity index (χ1) is 25.8. The van der Waals surface area contributed by atoms with Crippen LogP contribution in [-0.4, -0.2) is 92.5 Å². The number of rotatable bonds is 35. The lowest BCUT2D eigenvalue weighted by Crippen LogP contribution is -2.37. The first-order valence-corrected chi connectivity index (χ1v) is 21.7. The number of allylic oxidation sites excluding steroid dienone is 8. The van der Waals surface area contributed by atoms with Crippen LogP contribution in [0.5, 0.6) is 0 Å². The molecule has 0 amide bonds. The van der Waals surface area contributed by atoms with Gasteiger partial charge in [-0.25, -0.2) is 0 Å². The Morgan fingerprint density at radius 3 is 1.89 bits per heavy atom. The molecule has 0 aromatic rings. The van der Waals surface area contributed by atoms with Gasteiger partial charge in [0.25, 0.3) is 7.82 Å². The molecule has 0 aliphatic rings. The Morgan fingerprint density at radius 1 is 0.685 bits per heavy atom. The molecule has 0 radical (unpaired) electrons. The van der Waals surface area contributed by atoms with E-state index in [1.165, 1.54) is 12.8 Å². The highest BCUT2D eigenvalue weighted by Gasteiger charge is 2.22. The molecule has 0 saturated heterocycles. The fourth-order valence-electron chi connectivity index (χ4n) is 4.91. The van der Waals surface area contributed by atoms with Gasteiger partial charge in [-0.2, -0.15) is 0 Å². The van der Waals surface area contributed by atoms with Crippen LogP contribution in [-0.2, 0) is 32.7 Å². The van der Waals surface area contributed by atoms with Crippen molar-refractivity contribution >= 4 is 19.8 Å². The molecule has 0 spiro atoms. The minimum Gasteiger partial charge on any atom is -0.756 e. The van der Waals surface area contributed by atoms with E-state index in [9.17, 15) is 29.3 Å². The number of hydrogen-bond acceptors (Lipinski definition) is 10. The fourth-order valence-corrected chi connectivity index (χ4v) is 5.63. The van der Waals surface area contributed by atoms with Crippen molar-refractivity contribution in [2.45, 2.75) is 148 Å². The predicted octanol–water partition coefficient (Wildman–Crippen LogP) is 8.21. The van der Waals surface area contributed by atoms with Crippen molar-refractivity contribution < 1.29 is 52.3 Å². The topological polar surface area (TPSA) is 152 Å². The van der Waals surface area contributed by atoms with Crippen molar-refractivity contribution in [2.24, 2.45) is 0 Å². The zero-order valence-electron chi connectivity index (χ0n) is 34.1. The summed E-state index contributed by atoms with van der Waals surface area (Å²) in [5.41, 5.74) is 0. The lowest BCUT2D eigenvalue weighted by molar-refractivity contribution is -0.870. The minimum absolute atomic E-state index is 0.0274. The van der Waals surface area contributed by atoms with Crippen LogP contribution in [0.15, 0.2) is 60.8 Å². The third-order valence-corrected chi connectivity index (χ3v) is 9.18. The molecule has 0 fully saturated rings. The summed E-state index contributed by atoms with van der Waals surface area (Å²) in [6.45, 7) is 3.77. The molecular weight excluding hydrogens is 709 g/mol. The van der Waals surface area contributed by atoms with Crippen molar-refractivity contribution in [1.82, 2.24) is 0 Å². The maximum absolute atomic E-state index is 12.6. The van der Waals surface area contributed by atoms with Crippen molar-refractivity contribution in [2.75, 3.05) is 47.5 Å². The maximum atomic E-state index is 12.6. The number of phosphoric acid groups is 1. The number of carbonyl (C=O) groups is 2. The molecule has 0 aromatic carbocycles. The van der Waals surface area contributed by atoms with Crippen molar-refractivity contribution in [3.63, 3.8) is 0 Å². The molecule has 312 valence electrons. The highest BCUT2D eigenvalue weighted by molar-refractivity contribution is 7.45.